The minimum Gasteiger partial charge on any atom is -0.344 e. The molecule has 0 radical (unpaired) electrons. The fourth-order valence-corrected chi connectivity index (χ4v) is 0.313. The first-order chi connectivity index (χ1) is 4.41. The molecular formula is C6H10N2S2. The van der Waals surface area contributed by atoms with Gasteiger partial charge in [-0.05, 0) is 12.1 Å². The molecule has 0 unspecified atom stereocenters. The number of rotatable bonds is 0. The van der Waals surface area contributed by atoms with Crippen molar-refractivity contribution in [3.8, 4) is 0 Å². The predicted octanol–water partition coefficient (Wildman–Crippen LogP) is 2.12. The molecule has 1 heterocycles. The molecule has 1 aromatic rings. The van der Waals surface area contributed by atoms with Gasteiger partial charge < -0.3 is 6.15 Å². The maximum Gasteiger partial charge on any atom is 0.0310 e. The summed E-state index contributed by atoms with van der Waals surface area (Å²) < 4.78 is 1.28. The Hall–Kier alpha value is -0.450. The van der Waals surface area contributed by atoms with E-state index in [1.54, 1.807) is 12.4 Å². The van der Waals surface area contributed by atoms with Gasteiger partial charge in [0.15, 0.2) is 0 Å². The van der Waals surface area contributed by atoms with E-state index in [2.05, 4.69) is 29.8 Å². The molecule has 0 aliphatic heterocycles. The van der Waals surface area contributed by atoms with Crippen molar-refractivity contribution in [1.29, 1.82) is 0 Å². The van der Waals surface area contributed by atoms with Gasteiger partial charge in [0, 0.05) is 17.1 Å². The largest absolute Gasteiger partial charge is 0.344 e. The number of thiol groups is 1. The normalized spacial score (nSPS) is 6.10. The molecule has 10 heavy (non-hydrogen) atoms. The predicted molar refractivity (Wildman–Crippen MR) is 51.9 cm³/mol. The van der Waals surface area contributed by atoms with E-state index in [-0.39, 0.29) is 6.15 Å². The van der Waals surface area contributed by atoms with Crippen molar-refractivity contribution in [2.45, 2.75) is 0 Å². The molecular weight excluding hydrogens is 164 g/mol. The molecule has 3 N–H and O–H groups in total. The highest BCUT2D eigenvalue weighted by molar-refractivity contribution is 8.08. The van der Waals surface area contributed by atoms with Crippen LogP contribution < -0.4 is 6.15 Å². The molecule has 0 atom stereocenters. The van der Waals surface area contributed by atoms with Crippen molar-refractivity contribution in [2.24, 2.45) is 0 Å². The Balaban J connectivity index is 0. The molecule has 0 fully saturated rings. The van der Waals surface area contributed by atoms with Crippen molar-refractivity contribution in [1.82, 2.24) is 11.1 Å². The van der Waals surface area contributed by atoms with Crippen LogP contribution in [-0.2, 0) is 0 Å². The zero-order valence-electron chi connectivity index (χ0n) is 5.47. The van der Waals surface area contributed by atoms with E-state index < -0.39 is 0 Å². The highest BCUT2D eigenvalue weighted by Gasteiger charge is 1.58. The smallest absolute Gasteiger partial charge is 0.0310 e. The van der Waals surface area contributed by atoms with Gasteiger partial charge in [-0.15, -0.1) is 12.6 Å². The van der Waals surface area contributed by atoms with Gasteiger partial charge in [-0.1, -0.05) is 18.3 Å². The van der Waals surface area contributed by atoms with Crippen LogP contribution in [0.3, 0.4) is 0 Å². The summed E-state index contributed by atoms with van der Waals surface area (Å²) >= 11 is 7.61. The Morgan fingerprint density at radius 3 is 1.70 bits per heavy atom. The van der Waals surface area contributed by atoms with E-state index in [1.165, 1.54) is 4.70 Å². The molecule has 0 aliphatic rings. The highest BCUT2D eigenvalue weighted by atomic mass is 32.1. The zero-order valence-corrected chi connectivity index (χ0v) is 7.18. The lowest BCUT2D eigenvalue weighted by molar-refractivity contribution is 1.33. The highest BCUT2D eigenvalue weighted by Crippen LogP contribution is 1.73. The Bertz CT molecular complexity index is 117. The Morgan fingerprint density at radius 2 is 1.60 bits per heavy atom. The average molecular weight is 174 g/mol. The fraction of sp³-hybridized carbons (Fsp3) is 0. The fourth-order valence-electron chi connectivity index (χ4n) is 0.313. The van der Waals surface area contributed by atoms with Crippen molar-refractivity contribution >= 4 is 29.5 Å². The number of nitrogens with zero attached hydrogens (tertiary/aromatic N) is 1. The van der Waals surface area contributed by atoms with Gasteiger partial charge >= 0.3 is 0 Å². The summed E-state index contributed by atoms with van der Waals surface area (Å²) in [7, 11) is 0. The Kier molecular flexibility index (Phi) is 13.9. The molecule has 0 spiro atoms. The first kappa shape index (κ1) is 12.2. The van der Waals surface area contributed by atoms with Crippen LogP contribution in [0.2, 0.25) is 0 Å². The van der Waals surface area contributed by atoms with E-state index in [1.807, 2.05) is 18.2 Å². The molecule has 0 aromatic carbocycles. The maximum absolute atomic E-state index is 4.13. The van der Waals surface area contributed by atoms with Crippen molar-refractivity contribution in [3.05, 3.63) is 30.6 Å². The van der Waals surface area contributed by atoms with E-state index in [0.29, 0.717) is 0 Å². The van der Waals surface area contributed by atoms with Crippen molar-refractivity contribution < 1.29 is 0 Å². The number of aromatic nitrogens is 1. The van der Waals surface area contributed by atoms with Crippen molar-refractivity contribution in [3.63, 3.8) is 0 Å². The first-order valence-electron chi connectivity index (χ1n) is 2.34. The summed E-state index contributed by atoms with van der Waals surface area (Å²) in [6, 6.07) is 5.72. The van der Waals surface area contributed by atoms with E-state index in [9.17, 15) is 0 Å². The molecule has 0 saturated carbocycles. The summed E-state index contributed by atoms with van der Waals surface area (Å²) in [6.45, 7) is 0. The summed E-state index contributed by atoms with van der Waals surface area (Å²) in [5.74, 6) is 0. The molecule has 0 saturated heterocycles. The Morgan fingerprint density at radius 1 is 1.20 bits per heavy atom. The zero-order chi connectivity index (χ0) is 6.95. The number of thiocarbonyl (C=S) groups is 1. The molecule has 0 amide bonds. The van der Waals surface area contributed by atoms with Gasteiger partial charge in [-0.2, -0.15) is 0 Å². The lowest BCUT2D eigenvalue weighted by Crippen LogP contribution is -1.58. The van der Waals surface area contributed by atoms with E-state index in [4.69, 9.17) is 0 Å². The van der Waals surface area contributed by atoms with Crippen LogP contribution in [0.1, 0.15) is 0 Å². The number of pyridine rings is 1. The average Bonchev–Trinajstić information content (AvgIpc) is 1.93. The maximum atomic E-state index is 4.13. The minimum atomic E-state index is 0. The standard InChI is InChI=1S/C5H5N.CH2S2.H3N/c1-2-4-6-5-3-1;2-1-3;/h1-5H;1H,(H,2,3);1H3. The van der Waals surface area contributed by atoms with Crippen LogP contribution in [-0.4, -0.2) is 9.68 Å². The summed E-state index contributed by atoms with van der Waals surface area (Å²) in [6.07, 6.45) is 3.50. The third kappa shape index (κ3) is 10.5. The first-order valence-corrected chi connectivity index (χ1v) is 3.33. The number of hydrogen-bond donors (Lipinski definition) is 2. The quantitative estimate of drug-likeness (QED) is 0.468. The lowest BCUT2D eigenvalue weighted by atomic mass is 10.5. The van der Waals surface area contributed by atoms with Gasteiger partial charge in [0.1, 0.15) is 0 Å². The second-order valence-electron chi connectivity index (χ2n) is 1.13. The van der Waals surface area contributed by atoms with Gasteiger partial charge in [0.05, 0.1) is 0 Å². The van der Waals surface area contributed by atoms with E-state index in [0.717, 1.165) is 0 Å². The monoisotopic (exact) mass is 174 g/mol. The third-order valence-corrected chi connectivity index (χ3v) is 0.566. The summed E-state index contributed by atoms with van der Waals surface area (Å²) in [4.78, 5) is 3.78. The second-order valence-corrected chi connectivity index (χ2v) is 1.97. The van der Waals surface area contributed by atoms with Crippen LogP contribution in [0.5, 0.6) is 0 Å². The van der Waals surface area contributed by atoms with Gasteiger partial charge in [-0.3, -0.25) is 4.98 Å². The van der Waals surface area contributed by atoms with Gasteiger partial charge in [-0.25, -0.2) is 0 Å². The topological polar surface area (TPSA) is 47.9 Å². The molecule has 2 nitrogen and oxygen atoms in total. The summed E-state index contributed by atoms with van der Waals surface area (Å²) in [5.41, 5.74) is 0. The van der Waals surface area contributed by atoms with E-state index >= 15 is 0 Å². The summed E-state index contributed by atoms with van der Waals surface area (Å²) in [5, 5.41) is 0. The minimum absolute atomic E-state index is 0. The number of hydrogen-bond acceptors (Lipinski definition) is 3. The lowest BCUT2D eigenvalue weighted by Gasteiger charge is -1.70. The molecule has 0 aliphatic carbocycles. The second kappa shape index (κ2) is 11.4. The molecule has 4 heteroatoms. The van der Waals surface area contributed by atoms with Crippen LogP contribution in [0.15, 0.2) is 30.6 Å². The Labute approximate surface area is 71.7 Å². The van der Waals surface area contributed by atoms with Crippen LogP contribution >= 0.6 is 24.8 Å². The van der Waals surface area contributed by atoms with Crippen molar-refractivity contribution in [2.75, 3.05) is 0 Å². The van der Waals surface area contributed by atoms with Gasteiger partial charge in [0.2, 0.25) is 0 Å². The molecule has 1 aromatic heterocycles. The van der Waals surface area contributed by atoms with Crippen LogP contribution in [0, 0.1) is 0 Å². The molecule has 56 valence electrons. The molecule has 0 bridgehead atoms. The SMILES string of the molecule is N.S=CS.c1ccncc1. The molecule has 1 rings (SSSR count). The van der Waals surface area contributed by atoms with Crippen LogP contribution in [0.25, 0.3) is 0 Å². The van der Waals surface area contributed by atoms with Gasteiger partial charge in [0.25, 0.3) is 0 Å². The van der Waals surface area contributed by atoms with Crippen LogP contribution in [0.4, 0.5) is 0 Å². The third-order valence-electron chi connectivity index (χ3n) is 0.566.